The first kappa shape index (κ1) is 19.0. The van der Waals surface area contributed by atoms with Crippen LogP contribution in [0, 0.1) is 0 Å². The lowest BCUT2D eigenvalue weighted by molar-refractivity contribution is 0.304. The molecule has 0 spiro atoms. The van der Waals surface area contributed by atoms with Gasteiger partial charge in [0.25, 0.3) is 0 Å². The average Bonchev–Trinajstić information content (AvgIpc) is 2.27. The molecule has 0 rings (SSSR count). The summed E-state index contributed by atoms with van der Waals surface area (Å²) in [5, 5.41) is 0. The molecular weight excluding hydrogens is 304 g/mol. The van der Waals surface area contributed by atoms with E-state index in [0.717, 1.165) is 0 Å². The van der Waals surface area contributed by atoms with Crippen LogP contribution in [0.5, 0.6) is 0 Å². The molecule has 0 aromatic carbocycles. The first-order chi connectivity index (χ1) is 8.47. The predicted molar refractivity (Wildman–Crippen MR) is 93.4 cm³/mol. The molecule has 0 amide bonds. The maximum atomic E-state index is 6.15. The van der Waals surface area contributed by atoms with E-state index in [4.69, 9.17) is 12.3 Å². The summed E-state index contributed by atoms with van der Waals surface area (Å²) in [6, 6.07) is 0. The Balaban J connectivity index is 4.99. The molecule has 7 heteroatoms. The van der Waals surface area contributed by atoms with E-state index in [1.54, 1.807) is 0 Å². The molecule has 0 saturated heterocycles. The van der Waals surface area contributed by atoms with Crippen molar-refractivity contribution in [3.8, 4) is 0 Å². The van der Waals surface area contributed by atoms with Gasteiger partial charge in [0.15, 0.2) is 0 Å². The third-order valence-electron chi connectivity index (χ3n) is 2.67. The van der Waals surface area contributed by atoms with Crippen molar-refractivity contribution in [2.75, 3.05) is 0 Å². The second-order valence-electron chi connectivity index (χ2n) is 6.06. The van der Waals surface area contributed by atoms with Crippen LogP contribution in [0.15, 0.2) is 36.8 Å². The highest BCUT2D eigenvalue weighted by molar-refractivity contribution is 6.88. The maximum Gasteiger partial charge on any atom is 0.453 e. The Kier molecular flexibility index (Phi) is 7.10. The lowest BCUT2D eigenvalue weighted by Crippen LogP contribution is -2.50. The Bertz CT molecular complexity index is 288. The van der Waals surface area contributed by atoms with Gasteiger partial charge in [0.05, 0.1) is 0 Å². The quantitative estimate of drug-likeness (QED) is 0.604. The summed E-state index contributed by atoms with van der Waals surface area (Å²) < 4.78 is 18.5. The van der Waals surface area contributed by atoms with E-state index in [-0.39, 0.29) is 0 Å². The molecule has 0 fully saturated rings. The first-order valence-electron chi connectivity index (χ1n) is 6.41. The molecular formula is C12H28O3Si4. The molecule has 0 bridgehead atoms. The summed E-state index contributed by atoms with van der Waals surface area (Å²) in [5.74, 6) is 0. The van der Waals surface area contributed by atoms with Crippen LogP contribution in [-0.2, 0) is 12.3 Å². The van der Waals surface area contributed by atoms with Crippen LogP contribution in [0.3, 0.4) is 0 Å². The lowest BCUT2D eigenvalue weighted by Gasteiger charge is -2.34. The molecule has 0 aliphatic carbocycles. The van der Waals surface area contributed by atoms with E-state index in [0.29, 0.717) is 0 Å². The van der Waals surface area contributed by atoms with Crippen LogP contribution in [0.2, 0.25) is 39.3 Å². The van der Waals surface area contributed by atoms with Crippen LogP contribution < -0.4 is 0 Å². The smallest absolute Gasteiger partial charge is 0.415 e. The van der Waals surface area contributed by atoms with Gasteiger partial charge in [-0.1, -0.05) is 17.1 Å². The van der Waals surface area contributed by atoms with Crippen LogP contribution in [0.1, 0.15) is 0 Å². The highest BCUT2D eigenvalue weighted by Crippen LogP contribution is 2.18. The molecule has 0 aliphatic rings. The Morgan fingerprint density at radius 3 is 1.00 bits per heavy atom. The molecule has 0 atom stereocenters. The Morgan fingerprint density at radius 2 is 0.842 bits per heavy atom. The molecule has 0 aromatic rings. The average molecular weight is 333 g/mol. The van der Waals surface area contributed by atoms with Crippen molar-refractivity contribution in [1.29, 1.82) is 0 Å². The van der Waals surface area contributed by atoms with Crippen molar-refractivity contribution in [2.24, 2.45) is 0 Å². The van der Waals surface area contributed by atoms with Gasteiger partial charge in [-0.2, -0.15) is 0 Å². The SMILES string of the molecule is C=C[Si](C)(C)O[SiH](O[Si](C)(C)C=C)O[Si](C)(C)C=C. The molecule has 0 aromatic heterocycles. The zero-order valence-electron chi connectivity index (χ0n) is 13.2. The standard InChI is InChI=1S/C12H28O3Si4/c1-10-17(4,5)13-16(14-18(6,7)11-2)15-19(8,9)12-3/h10-12,16H,1-3H2,4-9H3. The largest absolute Gasteiger partial charge is 0.453 e. The van der Waals surface area contributed by atoms with Crippen molar-refractivity contribution < 1.29 is 12.3 Å². The highest BCUT2D eigenvalue weighted by atomic mass is 28.5. The normalized spacial score (nSPS) is 13.4. The van der Waals surface area contributed by atoms with Crippen molar-refractivity contribution in [2.45, 2.75) is 39.3 Å². The van der Waals surface area contributed by atoms with E-state index in [2.05, 4.69) is 59.0 Å². The number of hydrogen-bond acceptors (Lipinski definition) is 3. The summed E-state index contributed by atoms with van der Waals surface area (Å²) in [6.45, 7) is 24.1. The van der Waals surface area contributed by atoms with Crippen LogP contribution in [-0.4, -0.2) is 34.5 Å². The van der Waals surface area contributed by atoms with Crippen LogP contribution >= 0.6 is 0 Å². The fourth-order valence-corrected chi connectivity index (χ4v) is 9.94. The summed E-state index contributed by atoms with van der Waals surface area (Å²) in [7, 11) is -7.93. The fourth-order valence-electron chi connectivity index (χ4n) is 0.961. The minimum absolute atomic E-state index is 1.91. The predicted octanol–water partition coefficient (Wildman–Crippen LogP) is 3.54. The fraction of sp³-hybridized carbons (Fsp3) is 0.500. The molecule has 0 radical (unpaired) electrons. The second kappa shape index (κ2) is 7.11. The third kappa shape index (κ3) is 7.97. The van der Waals surface area contributed by atoms with Gasteiger partial charge in [0.1, 0.15) is 0 Å². The maximum absolute atomic E-state index is 6.15. The summed E-state index contributed by atoms with van der Waals surface area (Å²) in [4.78, 5) is 0. The van der Waals surface area contributed by atoms with E-state index in [1.807, 2.05) is 17.1 Å². The molecule has 110 valence electrons. The summed E-state index contributed by atoms with van der Waals surface area (Å²) in [5.41, 5.74) is 5.72. The molecule has 0 unspecified atom stereocenters. The Morgan fingerprint density at radius 1 is 0.632 bits per heavy atom. The van der Waals surface area contributed by atoms with E-state index in [9.17, 15) is 0 Å². The molecule has 0 N–H and O–H groups in total. The van der Waals surface area contributed by atoms with Gasteiger partial charge in [-0.25, -0.2) is 0 Å². The topological polar surface area (TPSA) is 27.7 Å². The Hall–Kier alpha value is -0.0325. The van der Waals surface area contributed by atoms with E-state index >= 15 is 0 Å². The molecule has 0 saturated carbocycles. The van der Waals surface area contributed by atoms with E-state index < -0.39 is 34.5 Å². The van der Waals surface area contributed by atoms with Gasteiger partial charge >= 0.3 is 9.53 Å². The number of rotatable bonds is 9. The summed E-state index contributed by atoms with van der Waals surface area (Å²) >= 11 is 0. The van der Waals surface area contributed by atoms with Gasteiger partial charge < -0.3 is 12.3 Å². The zero-order valence-corrected chi connectivity index (χ0v) is 17.3. The minimum Gasteiger partial charge on any atom is -0.415 e. The third-order valence-corrected chi connectivity index (χ3v) is 15.2. The zero-order chi connectivity index (χ0) is 15.3. The van der Waals surface area contributed by atoms with Crippen molar-refractivity contribution in [3.63, 3.8) is 0 Å². The molecule has 0 aliphatic heterocycles. The number of hydrogen-bond donors (Lipinski definition) is 0. The first-order valence-corrected chi connectivity index (χ1v) is 16.8. The Labute approximate surface area is 123 Å². The minimum atomic E-state index is -2.19. The molecule has 3 nitrogen and oxygen atoms in total. The van der Waals surface area contributed by atoms with Gasteiger partial charge in [0.2, 0.25) is 25.0 Å². The lowest BCUT2D eigenvalue weighted by atomic mass is 11.3. The van der Waals surface area contributed by atoms with Gasteiger partial charge in [-0.3, -0.25) is 0 Å². The highest BCUT2D eigenvalue weighted by Gasteiger charge is 2.35. The van der Waals surface area contributed by atoms with Crippen molar-refractivity contribution >= 4 is 34.5 Å². The molecule has 19 heavy (non-hydrogen) atoms. The van der Waals surface area contributed by atoms with Gasteiger partial charge in [-0.05, 0) is 39.3 Å². The van der Waals surface area contributed by atoms with Crippen LogP contribution in [0.4, 0.5) is 0 Å². The van der Waals surface area contributed by atoms with Crippen molar-refractivity contribution in [3.05, 3.63) is 36.8 Å². The van der Waals surface area contributed by atoms with Gasteiger partial charge in [0, 0.05) is 0 Å². The second-order valence-corrected chi connectivity index (χ2v) is 20.3. The van der Waals surface area contributed by atoms with Crippen molar-refractivity contribution in [1.82, 2.24) is 0 Å². The summed E-state index contributed by atoms with van der Waals surface area (Å²) in [6.07, 6.45) is 0. The molecule has 0 heterocycles. The van der Waals surface area contributed by atoms with E-state index in [1.165, 1.54) is 0 Å². The van der Waals surface area contributed by atoms with Gasteiger partial charge in [-0.15, -0.1) is 19.7 Å². The van der Waals surface area contributed by atoms with Crippen LogP contribution in [0.25, 0.3) is 0 Å². The monoisotopic (exact) mass is 332 g/mol.